The molecule has 0 saturated heterocycles. The summed E-state index contributed by atoms with van der Waals surface area (Å²) < 4.78 is 4.81. The Balaban J connectivity index is 2.65. The van der Waals surface area contributed by atoms with Gasteiger partial charge in [0.15, 0.2) is 18.3 Å². The second-order valence-corrected chi connectivity index (χ2v) is 5.01. The van der Waals surface area contributed by atoms with Gasteiger partial charge in [-0.05, 0) is 6.92 Å². The summed E-state index contributed by atoms with van der Waals surface area (Å²) in [7, 11) is 0. The summed E-state index contributed by atoms with van der Waals surface area (Å²) >= 11 is 1.26. The standard InChI is InChI=1S/C12H14N2O3S/c1-7(2)12(16)17-5-10(15)9(4-13)11-14-8(3)6-18-11/h6-7,9H,5H2,1-3H3/t9-/m0/s1. The van der Waals surface area contributed by atoms with Crippen LogP contribution in [0.5, 0.6) is 0 Å². The van der Waals surface area contributed by atoms with Crippen molar-refractivity contribution in [3.63, 3.8) is 0 Å². The van der Waals surface area contributed by atoms with Crippen molar-refractivity contribution in [3.8, 4) is 6.07 Å². The fourth-order valence-electron chi connectivity index (χ4n) is 1.16. The van der Waals surface area contributed by atoms with Gasteiger partial charge in [0.2, 0.25) is 0 Å². The van der Waals surface area contributed by atoms with Crippen molar-refractivity contribution in [1.29, 1.82) is 5.26 Å². The summed E-state index contributed by atoms with van der Waals surface area (Å²) in [4.78, 5) is 27.1. The molecule has 0 aliphatic heterocycles. The molecule has 0 fully saturated rings. The van der Waals surface area contributed by atoms with Crippen molar-refractivity contribution in [1.82, 2.24) is 4.98 Å². The van der Waals surface area contributed by atoms with Crippen LogP contribution in [0.4, 0.5) is 0 Å². The third-order valence-corrected chi connectivity index (χ3v) is 3.19. The van der Waals surface area contributed by atoms with E-state index in [2.05, 4.69) is 4.98 Å². The summed E-state index contributed by atoms with van der Waals surface area (Å²) in [6.45, 7) is 4.77. The Morgan fingerprint density at radius 3 is 2.67 bits per heavy atom. The molecule has 0 aromatic carbocycles. The van der Waals surface area contributed by atoms with Crippen molar-refractivity contribution >= 4 is 23.1 Å². The highest BCUT2D eigenvalue weighted by Crippen LogP contribution is 2.20. The van der Waals surface area contributed by atoms with E-state index < -0.39 is 17.7 Å². The maximum absolute atomic E-state index is 11.8. The van der Waals surface area contributed by atoms with Crippen LogP contribution in [0.25, 0.3) is 0 Å². The molecule has 0 amide bonds. The van der Waals surface area contributed by atoms with Crippen molar-refractivity contribution in [2.45, 2.75) is 26.7 Å². The largest absolute Gasteiger partial charge is 0.457 e. The van der Waals surface area contributed by atoms with Crippen LogP contribution >= 0.6 is 11.3 Å². The number of carbonyl (C=O) groups is 2. The summed E-state index contributed by atoms with van der Waals surface area (Å²) in [5.74, 6) is -2.14. The summed E-state index contributed by atoms with van der Waals surface area (Å²) in [5.41, 5.74) is 0.766. The van der Waals surface area contributed by atoms with E-state index in [4.69, 9.17) is 10.00 Å². The molecule has 1 aromatic heterocycles. The molecule has 1 rings (SSSR count). The topological polar surface area (TPSA) is 80.0 Å². The van der Waals surface area contributed by atoms with Crippen LogP contribution in [0.2, 0.25) is 0 Å². The molecule has 0 saturated carbocycles. The molecule has 96 valence electrons. The van der Waals surface area contributed by atoms with Gasteiger partial charge < -0.3 is 4.74 Å². The maximum atomic E-state index is 11.8. The zero-order valence-corrected chi connectivity index (χ0v) is 11.3. The van der Waals surface area contributed by atoms with E-state index in [9.17, 15) is 9.59 Å². The van der Waals surface area contributed by atoms with Crippen molar-refractivity contribution in [2.75, 3.05) is 6.61 Å². The number of aromatic nitrogens is 1. The highest BCUT2D eigenvalue weighted by molar-refractivity contribution is 7.09. The molecular weight excluding hydrogens is 252 g/mol. The van der Waals surface area contributed by atoms with Crippen molar-refractivity contribution in [3.05, 3.63) is 16.1 Å². The Hall–Kier alpha value is -1.74. The van der Waals surface area contributed by atoms with Crippen LogP contribution in [-0.4, -0.2) is 23.3 Å². The normalized spacial score (nSPS) is 11.9. The molecule has 0 aliphatic carbocycles. The fourth-order valence-corrected chi connectivity index (χ4v) is 2.02. The second kappa shape index (κ2) is 6.26. The summed E-state index contributed by atoms with van der Waals surface area (Å²) in [6.07, 6.45) is 0. The quantitative estimate of drug-likeness (QED) is 0.759. The number of Topliss-reactive ketones (excluding diaryl/α,β-unsaturated/α-hetero) is 1. The first-order valence-corrected chi connectivity index (χ1v) is 6.34. The Morgan fingerprint density at radius 1 is 1.56 bits per heavy atom. The molecule has 0 N–H and O–H groups in total. The van der Waals surface area contributed by atoms with E-state index in [1.165, 1.54) is 11.3 Å². The minimum absolute atomic E-state index is 0.291. The van der Waals surface area contributed by atoms with Gasteiger partial charge in [-0.2, -0.15) is 5.26 Å². The lowest BCUT2D eigenvalue weighted by molar-refractivity contribution is -0.151. The minimum Gasteiger partial charge on any atom is -0.457 e. The molecule has 0 unspecified atom stereocenters. The molecule has 1 atom stereocenters. The maximum Gasteiger partial charge on any atom is 0.308 e. The smallest absolute Gasteiger partial charge is 0.308 e. The van der Waals surface area contributed by atoms with E-state index in [1.807, 2.05) is 6.07 Å². The fraction of sp³-hybridized carbons (Fsp3) is 0.500. The zero-order valence-electron chi connectivity index (χ0n) is 10.5. The van der Waals surface area contributed by atoms with Gasteiger partial charge in [0.25, 0.3) is 0 Å². The lowest BCUT2D eigenvalue weighted by atomic mass is 10.1. The Bertz CT molecular complexity index is 488. The number of hydrogen-bond acceptors (Lipinski definition) is 6. The number of ketones is 1. The molecule has 0 bridgehead atoms. The molecule has 1 heterocycles. The predicted molar refractivity (Wildman–Crippen MR) is 66.0 cm³/mol. The van der Waals surface area contributed by atoms with Gasteiger partial charge in [0.05, 0.1) is 12.0 Å². The second-order valence-electron chi connectivity index (χ2n) is 4.12. The number of esters is 1. The number of nitriles is 1. The number of thiazole rings is 1. The third kappa shape index (κ3) is 3.64. The van der Waals surface area contributed by atoms with Gasteiger partial charge in [-0.1, -0.05) is 13.8 Å². The highest BCUT2D eigenvalue weighted by atomic mass is 32.1. The van der Waals surface area contributed by atoms with Gasteiger partial charge in [0, 0.05) is 11.1 Å². The Labute approximate surface area is 109 Å². The SMILES string of the molecule is Cc1csc([C@@H](C#N)C(=O)COC(=O)C(C)C)n1. The average Bonchev–Trinajstić information content (AvgIpc) is 2.73. The molecule has 0 aliphatic rings. The number of nitrogens with zero attached hydrogens (tertiary/aromatic N) is 2. The van der Waals surface area contributed by atoms with E-state index in [0.29, 0.717) is 5.01 Å². The highest BCUT2D eigenvalue weighted by Gasteiger charge is 2.24. The van der Waals surface area contributed by atoms with Crippen LogP contribution < -0.4 is 0 Å². The van der Waals surface area contributed by atoms with E-state index in [0.717, 1.165) is 5.69 Å². The lowest BCUT2D eigenvalue weighted by Crippen LogP contribution is -2.21. The Morgan fingerprint density at radius 2 is 2.22 bits per heavy atom. The first kappa shape index (κ1) is 14.3. The third-order valence-electron chi connectivity index (χ3n) is 2.16. The van der Waals surface area contributed by atoms with Gasteiger partial charge in [0.1, 0.15) is 5.01 Å². The number of hydrogen-bond donors (Lipinski definition) is 0. The van der Waals surface area contributed by atoms with E-state index >= 15 is 0 Å². The number of aryl methyl sites for hydroxylation is 1. The number of rotatable bonds is 5. The monoisotopic (exact) mass is 266 g/mol. The van der Waals surface area contributed by atoms with Crippen molar-refractivity contribution in [2.24, 2.45) is 5.92 Å². The molecule has 18 heavy (non-hydrogen) atoms. The van der Waals surface area contributed by atoms with E-state index in [1.54, 1.807) is 26.2 Å². The zero-order chi connectivity index (χ0) is 13.7. The molecule has 5 nitrogen and oxygen atoms in total. The first-order chi connectivity index (χ1) is 8.45. The van der Waals surface area contributed by atoms with Crippen LogP contribution in [0.3, 0.4) is 0 Å². The first-order valence-electron chi connectivity index (χ1n) is 5.46. The lowest BCUT2D eigenvalue weighted by Gasteiger charge is -2.08. The van der Waals surface area contributed by atoms with E-state index in [-0.39, 0.29) is 12.5 Å². The van der Waals surface area contributed by atoms with Gasteiger partial charge in [-0.3, -0.25) is 9.59 Å². The van der Waals surface area contributed by atoms with Gasteiger partial charge in [-0.25, -0.2) is 4.98 Å². The molecule has 6 heteroatoms. The predicted octanol–water partition coefficient (Wildman–Crippen LogP) is 1.83. The van der Waals surface area contributed by atoms with Gasteiger partial charge >= 0.3 is 5.97 Å². The molecule has 0 radical (unpaired) electrons. The number of carbonyl (C=O) groups excluding carboxylic acids is 2. The average molecular weight is 266 g/mol. The number of ether oxygens (including phenoxy) is 1. The summed E-state index contributed by atoms with van der Waals surface area (Å²) in [6, 6.07) is 1.89. The van der Waals surface area contributed by atoms with Crippen LogP contribution in [0.15, 0.2) is 5.38 Å². The van der Waals surface area contributed by atoms with Crippen molar-refractivity contribution < 1.29 is 14.3 Å². The molecular formula is C12H14N2O3S. The van der Waals surface area contributed by atoms with Crippen LogP contribution in [0.1, 0.15) is 30.5 Å². The van der Waals surface area contributed by atoms with Gasteiger partial charge in [-0.15, -0.1) is 11.3 Å². The minimum atomic E-state index is -0.955. The summed E-state index contributed by atoms with van der Waals surface area (Å²) in [5, 5.41) is 11.2. The Kier molecular flexibility index (Phi) is 4.98. The molecule has 0 spiro atoms. The van der Waals surface area contributed by atoms with Crippen LogP contribution in [-0.2, 0) is 14.3 Å². The molecule has 1 aromatic rings. The van der Waals surface area contributed by atoms with Crippen LogP contribution in [0, 0.1) is 24.2 Å².